The Balaban J connectivity index is 0.00000385. The fourth-order valence-corrected chi connectivity index (χ4v) is 3.42. The van der Waals surface area contributed by atoms with Crippen LogP contribution in [0, 0.1) is 19.7 Å². The molecule has 8 heteroatoms. The van der Waals surface area contributed by atoms with Crippen molar-refractivity contribution in [2.24, 2.45) is 5.73 Å². The number of nitrogens with zero attached hydrogens (tertiary/aromatic N) is 1. The molecule has 0 heterocycles. The summed E-state index contributed by atoms with van der Waals surface area (Å²) in [6.45, 7) is 3.94. The maximum atomic E-state index is 13.6. The van der Waals surface area contributed by atoms with E-state index < -0.39 is 23.6 Å². The molecule has 0 saturated heterocycles. The Kier molecular flexibility index (Phi) is 8.63. The molecular formula is C25H25ClF4N2O. The minimum Gasteiger partial charge on any atom is -0.316 e. The van der Waals surface area contributed by atoms with Gasteiger partial charge in [-0.1, -0.05) is 42.5 Å². The summed E-state index contributed by atoms with van der Waals surface area (Å²) in [6, 6.07) is 16.3. The molecule has 3 aromatic rings. The van der Waals surface area contributed by atoms with Gasteiger partial charge in [0.15, 0.2) is 0 Å². The number of rotatable bonds is 6. The molecule has 0 aromatic heterocycles. The largest absolute Gasteiger partial charge is 0.419 e. The van der Waals surface area contributed by atoms with E-state index in [4.69, 9.17) is 5.73 Å². The van der Waals surface area contributed by atoms with Crippen molar-refractivity contribution < 1.29 is 22.4 Å². The molecule has 0 saturated carbocycles. The smallest absolute Gasteiger partial charge is 0.316 e. The van der Waals surface area contributed by atoms with E-state index >= 15 is 0 Å². The van der Waals surface area contributed by atoms with Crippen LogP contribution in [0.3, 0.4) is 0 Å². The second kappa shape index (κ2) is 10.8. The molecule has 176 valence electrons. The highest BCUT2D eigenvalue weighted by atomic mass is 35.5. The van der Waals surface area contributed by atoms with Gasteiger partial charge in [-0.05, 0) is 66.8 Å². The first-order valence-electron chi connectivity index (χ1n) is 10.1. The Bertz CT molecular complexity index is 1100. The highest BCUT2D eigenvalue weighted by Gasteiger charge is 2.34. The molecule has 0 fully saturated rings. The fraction of sp³-hybridized carbons (Fsp3) is 0.240. The summed E-state index contributed by atoms with van der Waals surface area (Å²) in [6.07, 6.45) is -4.69. The third-order valence-corrected chi connectivity index (χ3v) is 5.45. The van der Waals surface area contributed by atoms with Crippen molar-refractivity contribution in [2.75, 3.05) is 11.4 Å². The minimum atomic E-state index is -4.79. The average Bonchev–Trinajstić information content (AvgIpc) is 2.76. The van der Waals surface area contributed by atoms with Gasteiger partial charge >= 0.3 is 6.18 Å². The third-order valence-electron chi connectivity index (χ3n) is 5.45. The predicted octanol–water partition coefficient (Wildman–Crippen LogP) is 6.16. The molecule has 33 heavy (non-hydrogen) atoms. The second-order valence-corrected chi connectivity index (χ2v) is 7.71. The van der Waals surface area contributed by atoms with Crippen molar-refractivity contribution in [3.05, 3.63) is 100 Å². The van der Waals surface area contributed by atoms with E-state index in [2.05, 4.69) is 0 Å². The lowest BCUT2D eigenvalue weighted by atomic mass is 10.0. The second-order valence-electron chi connectivity index (χ2n) is 7.71. The first kappa shape index (κ1) is 26.4. The average molecular weight is 481 g/mol. The van der Waals surface area contributed by atoms with Crippen LogP contribution in [0.15, 0.2) is 66.7 Å². The number of hydrogen-bond acceptors (Lipinski definition) is 2. The fourth-order valence-electron chi connectivity index (χ4n) is 3.42. The van der Waals surface area contributed by atoms with Gasteiger partial charge in [0.05, 0.1) is 5.56 Å². The van der Waals surface area contributed by atoms with E-state index in [0.717, 1.165) is 23.3 Å². The molecule has 0 spiro atoms. The van der Waals surface area contributed by atoms with Gasteiger partial charge in [-0.15, -0.1) is 12.4 Å². The van der Waals surface area contributed by atoms with Crippen LogP contribution >= 0.6 is 12.4 Å². The van der Waals surface area contributed by atoms with Crippen LogP contribution in [-0.2, 0) is 17.4 Å². The summed E-state index contributed by atoms with van der Waals surface area (Å²) in [7, 11) is 0. The van der Waals surface area contributed by atoms with E-state index in [0.29, 0.717) is 11.3 Å². The van der Waals surface area contributed by atoms with Gasteiger partial charge in [-0.3, -0.25) is 4.79 Å². The van der Waals surface area contributed by atoms with Crippen LogP contribution in [0.2, 0.25) is 0 Å². The third kappa shape index (κ3) is 6.33. The summed E-state index contributed by atoms with van der Waals surface area (Å²) in [4.78, 5) is 14.8. The molecule has 0 aliphatic heterocycles. The number of alkyl halides is 3. The molecule has 2 N–H and O–H groups in total. The van der Waals surface area contributed by atoms with E-state index in [1.165, 1.54) is 11.0 Å². The Morgan fingerprint density at radius 3 is 2.24 bits per heavy atom. The zero-order chi connectivity index (χ0) is 23.5. The van der Waals surface area contributed by atoms with Gasteiger partial charge in [-0.25, -0.2) is 4.39 Å². The van der Waals surface area contributed by atoms with Crippen LogP contribution < -0.4 is 10.6 Å². The van der Waals surface area contributed by atoms with E-state index in [-0.39, 0.29) is 36.8 Å². The van der Waals surface area contributed by atoms with Gasteiger partial charge in [0.1, 0.15) is 11.9 Å². The zero-order valence-corrected chi connectivity index (χ0v) is 19.0. The van der Waals surface area contributed by atoms with Crippen LogP contribution in [0.4, 0.5) is 23.2 Å². The van der Waals surface area contributed by atoms with Gasteiger partial charge in [0.25, 0.3) is 0 Å². The summed E-state index contributed by atoms with van der Waals surface area (Å²) in [5.41, 5.74) is 8.42. The predicted molar refractivity (Wildman–Crippen MR) is 124 cm³/mol. The van der Waals surface area contributed by atoms with E-state index in [9.17, 15) is 22.4 Å². The molecule has 0 aliphatic rings. The number of hydrogen-bond donors (Lipinski definition) is 1. The number of amides is 1. The van der Waals surface area contributed by atoms with Crippen molar-refractivity contribution in [3.8, 4) is 0 Å². The molecule has 1 unspecified atom stereocenters. The Labute approximate surface area is 196 Å². The SMILES string of the molecule is Cc1ccc(N(CCc2ccc(F)c(C(F)(F)F)c2)C(=O)C(N)c2ccccc2)cc1C.Cl. The normalized spacial score (nSPS) is 12.1. The van der Waals surface area contributed by atoms with Gasteiger partial charge < -0.3 is 10.6 Å². The summed E-state index contributed by atoms with van der Waals surface area (Å²) in [5.74, 6) is -1.70. The van der Waals surface area contributed by atoms with Crippen molar-refractivity contribution in [2.45, 2.75) is 32.5 Å². The monoisotopic (exact) mass is 480 g/mol. The zero-order valence-electron chi connectivity index (χ0n) is 18.2. The molecule has 0 aliphatic carbocycles. The molecule has 3 rings (SSSR count). The van der Waals surface area contributed by atoms with Gasteiger partial charge in [-0.2, -0.15) is 13.2 Å². The molecule has 3 aromatic carbocycles. The summed E-state index contributed by atoms with van der Waals surface area (Å²) in [5, 5.41) is 0. The number of nitrogens with two attached hydrogens (primary N) is 1. The Morgan fingerprint density at radius 2 is 1.64 bits per heavy atom. The molecule has 1 amide bonds. The molecule has 3 nitrogen and oxygen atoms in total. The number of benzene rings is 3. The lowest BCUT2D eigenvalue weighted by molar-refractivity contribution is -0.140. The molecular weight excluding hydrogens is 456 g/mol. The van der Waals surface area contributed by atoms with Crippen molar-refractivity contribution in [1.29, 1.82) is 0 Å². The van der Waals surface area contributed by atoms with Crippen molar-refractivity contribution in [3.63, 3.8) is 0 Å². The summed E-state index contributed by atoms with van der Waals surface area (Å²) < 4.78 is 52.9. The van der Waals surface area contributed by atoms with Crippen LogP contribution in [0.1, 0.15) is 33.9 Å². The van der Waals surface area contributed by atoms with Gasteiger partial charge in [0, 0.05) is 12.2 Å². The van der Waals surface area contributed by atoms with Crippen LogP contribution in [0.5, 0.6) is 0 Å². The lowest BCUT2D eigenvalue weighted by Crippen LogP contribution is -2.40. The first-order valence-corrected chi connectivity index (χ1v) is 10.1. The molecule has 1 atom stereocenters. The van der Waals surface area contributed by atoms with Crippen molar-refractivity contribution in [1.82, 2.24) is 0 Å². The minimum absolute atomic E-state index is 0. The van der Waals surface area contributed by atoms with Crippen LogP contribution in [-0.4, -0.2) is 12.5 Å². The highest BCUT2D eigenvalue weighted by Crippen LogP contribution is 2.32. The molecule has 0 radical (unpaired) electrons. The number of halogens is 5. The van der Waals surface area contributed by atoms with Gasteiger partial charge in [0.2, 0.25) is 5.91 Å². The maximum absolute atomic E-state index is 13.6. The number of carbonyl (C=O) groups is 1. The molecule has 0 bridgehead atoms. The number of anilines is 1. The number of carbonyl (C=O) groups excluding carboxylic acids is 1. The highest BCUT2D eigenvalue weighted by molar-refractivity contribution is 5.97. The first-order chi connectivity index (χ1) is 15.1. The van der Waals surface area contributed by atoms with Crippen LogP contribution in [0.25, 0.3) is 0 Å². The standard InChI is InChI=1S/C25H24F4N2O.ClH/c1-16-8-10-20(14-17(16)2)31(24(32)23(30)19-6-4-3-5-7-19)13-12-18-9-11-22(26)21(15-18)25(27,28)29;/h3-11,14-15,23H,12-13,30H2,1-2H3;1H. The topological polar surface area (TPSA) is 46.3 Å². The lowest BCUT2D eigenvalue weighted by Gasteiger charge is -2.27. The van der Waals surface area contributed by atoms with E-state index in [1.54, 1.807) is 30.3 Å². The van der Waals surface area contributed by atoms with E-state index in [1.807, 2.05) is 32.0 Å². The number of aryl methyl sites for hydroxylation is 2. The Morgan fingerprint density at radius 1 is 0.970 bits per heavy atom. The Hall–Kier alpha value is -2.90. The summed E-state index contributed by atoms with van der Waals surface area (Å²) >= 11 is 0. The van der Waals surface area contributed by atoms with Crippen molar-refractivity contribution >= 4 is 24.0 Å². The maximum Gasteiger partial charge on any atom is 0.419 e. The quantitative estimate of drug-likeness (QED) is 0.429.